The van der Waals surface area contributed by atoms with E-state index in [2.05, 4.69) is 116 Å². The van der Waals surface area contributed by atoms with Crippen LogP contribution in [0.4, 0.5) is 0 Å². The van der Waals surface area contributed by atoms with Gasteiger partial charge in [-0.05, 0) is 89.9 Å². The number of allylic oxidation sites excluding steroid dienone is 16. The first-order valence-electron chi connectivity index (χ1n) is 20.7. The monoisotopic (exact) mass is 788 g/mol. The van der Waals surface area contributed by atoms with Crippen LogP contribution in [0.3, 0.4) is 0 Å². The molecule has 9 nitrogen and oxygen atoms in total. The van der Waals surface area contributed by atoms with Crippen LogP contribution in [0, 0.1) is 0 Å². The molecule has 55 heavy (non-hydrogen) atoms. The maximum absolute atomic E-state index is 12.1. The van der Waals surface area contributed by atoms with Crippen molar-refractivity contribution in [3.8, 4) is 0 Å². The normalized spacial score (nSPS) is 14.3. The average Bonchev–Trinajstić information content (AvgIpc) is 3.17. The molecule has 0 saturated heterocycles. The Morgan fingerprint density at radius 2 is 0.982 bits per heavy atom. The van der Waals surface area contributed by atoms with Crippen LogP contribution in [0.5, 0.6) is 0 Å². The van der Waals surface area contributed by atoms with Crippen LogP contribution >= 0.6 is 7.82 Å². The molecule has 3 N–H and O–H groups in total. The third kappa shape index (κ3) is 41.9. The summed E-state index contributed by atoms with van der Waals surface area (Å²) < 4.78 is 26.8. The first kappa shape index (κ1) is 51.9. The highest BCUT2D eigenvalue weighted by atomic mass is 31.2. The zero-order chi connectivity index (χ0) is 40.3. The van der Waals surface area contributed by atoms with E-state index in [4.69, 9.17) is 13.8 Å². The Kier molecular flexibility index (Phi) is 38.3. The van der Waals surface area contributed by atoms with Crippen LogP contribution in [0.25, 0.3) is 0 Å². The Balaban J connectivity index is 3.72. The predicted octanol–water partition coefficient (Wildman–Crippen LogP) is 11.4. The number of unbranched alkanes of at least 4 members (excludes halogenated alkanes) is 8. The molecular weight excluding hydrogens is 713 g/mol. The van der Waals surface area contributed by atoms with Crippen molar-refractivity contribution in [2.45, 2.75) is 148 Å². The first-order valence-corrected chi connectivity index (χ1v) is 22.2. The Morgan fingerprint density at radius 1 is 0.564 bits per heavy atom. The molecule has 0 rings (SSSR count). The van der Waals surface area contributed by atoms with E-state index in [9.17, 15) is 24.2 Å². The van der Waals surface area contributed by atoms with E-state index in [-0.39, 0.29) is 32.1 Å². The minimum absolute atomic E-state index is 0.0550. The molecule has 312 valence electrons. The largest absolute Gasteiger partial charge is 0.472 e. The zero-order valence-corrected chi connectivity index (χ0v) is 35.0. The van der Waals surface area contributed by atoms with Gasteiger partial charge in [-0.2, -0.15) is 0 Å². The van der Waals surface area contributed by atoms with Crippen LogP contribution in [0.2, 0.25) is 0 Å². The van der Waals surface area contributed by atoms with Crippen LogP contribution in [0.1, 0.15) is 142 Å². The number of hydrogen-bond acceptors (Lipinski definition) is 7. The highest BCUT2D eigenvalue weighted by Gasteiger charge is 2.23. The predicted molar refractivity (Wildman–Crippen MR) is 229 cm³/mol. The second kappa shape index (κ2) is 40.6. The molecule has 0 spiro atoms. The summed E-state index contributed by atoms with van der Waals surface area (Å²) in [6, 6.07) is 0. The lowest BCUT2D eigenvalue weighted by molar-refractivity contribution is -0.147. The molecule has 0 aliphatic heterocycles. The molecule has 2 atom stereocenters. The molecule has 1 amide bonds. The summed E-state index contributed by atoms with van der Waals surface area (Å²) in [5.74, 6) is -0.576. The lowest BCUT2D eigenvalue weighted by atomic mass is 10.1. The topological polar surface area (TPSA) is 131 Å². The van der Waals surface area contributed by atoms with Gasteiger partial charge in [-0.3, -0.25) is 18.6 Å². The van der Waals surface area contributed by atoms with Crippen LogP contribution < -0.4 is 5.32 Å². The Morgan fingerprint density at radius 3 is 1.49 bits per heavy atom. The summed E-state index contributed by atoms with van der Waals surface area (Å²) in [5, 5.41) is 12.7. The fourth-order valence-electron chi connectivity index (χ4n) is 4.95. The third-order valence-electron chi connectivity index (χ3n) is 8.01. The molecule has 0 heterocycles. The number of nitrogens with one attached hydrogen (secondary N) is 1. The number of ether oxygens (including phenoxy) is 1. The number of carbonyl (C=O) groups excluding carboxylic acids is 2. The SMILES string of the molecule is CC/C=C\C/C=C\C/C=C\C/C=C\C/C=C\CCCCCC(=O)NCCOP(=O)(O)OCC(O)COC(=O)CCCCCCC/C=C\C/C=C\C/C=C\CC. The van der Waals surface area contributed by atoms with Crippen LogP contribution in [-0.4, -0.2) is 54.3 Å². The van der Waals surface area contributed by atoms with Gasteiger partial charge in [0.05, 0.1) is 13.2 Å². The van der Waals surface area contributed by atoms with Gasteiger partial charge in [0.15, 0.2) is 0 Å². The number of rotatable bonds is 37. The molecule has 0 fully saturated rings. The summed E-state index contributed by atoms with van der Waals surface area (Å²) in [7, 11) is -4.44. The number of phosphoric acid groups is 1. The molecule has 2 unspecified atom stereocenters. The van der Waals surface area contributed by atoms with Crippen molar-refractivity contribution in [3.63, 3.8) is 0 Å². The smallest absolute Gasteiger partial charge is 0.463 e. The fraction of sp³-hybridized carbons (Fsp3) is 0.600. The van der Waals surface area contributed by atoms with Gasteiger partial charge in [0.1, 0.15) is 12.7 Å². The van der Waals surface area contributed by atoms with Gasteiger partial charge in [0.25, 0.3) is 0 Å². The minimum atomic E-state index is -4.44. The molecule has 0 aliphatic carbocycles. The van der Waals surface area contributed by atoms with Crippen molar-refractivity contribution in [1.29, 1.82) is 0 Å². The molecule has 0 radical (unpaired) electrons. The zero-order valence-electron chi connectivity index (χ0n) is 34.1. The van der Waals surface area contributed by atoms with Gasteiger partial charge in [-0.15, -0.1) is 0 Å². The van der Waals surface area contributed by atoms with Gasteiger partial charge in [0, 0.05) is 19.4 Å². The molecule has 0 aromatic heterocycles. The van der Waals surface area contributed by atoms with Gasteiger partial charge in [-0.1, -0.05) is 137 Å². The van der Waals surface area contributed by atoms with Crippen molar-refractivity contribution < 1.29 is 37.9 Å². The van der Waals surface area contributed by atoms with Gasteiger partial charge < -0.3 is 20.1 Å². The molecule has 0 aromatic rings. The maximum Gasteiger partial charge on any atom is 0.472 e. The molecule has 0 aromatic carbocycles. The van der Waals surface area contributed by atoms with Crippen molar-refractivity contribution in [2.24, 2.45) is 0 Å². The highest BCUT2D eigenvalue weighted by Crippen LogP contribution is 2.42. The van der Waals surface area contributed by atoms with Crippen molar-refractivity contribution in [2.75, 3.05) is 26.4 Å². The number of phosphoric ester groups is 1. The second-order valence-corrected chi connectivity index (χ2v) is 14.6. The number of carbonyl (C=O) groups is 2. The standard InChI is InChI=1S/C45H74NO8P/c1-3-5-7-9-11-13-15-17-19-20-21-22-24-25-27-29-31-33-35-37-44(48)46-39-40-53-55(50,51)54-42-43(47)41-52-45(49)38-36-34-32-30-28-26-23-18-16-14-12-10-8-6-4-2/h5-8,11-14,17-19,21-23,25,27,43,47H,3-4,9-10,15-16,20,24,26,28-42H2,1-2H3,(H,46,48)(H,50,51)/b7-5-,8-6-,13-11-,14-12-,19-17-,22-21-,23-18-,27-25-. The summed E-state index contributed by atoms with van der Waals surface area (Å²) in [6.07, 6.45) is 51.9. The first-order chi connectivity index (χ1) is 26.8. The van der Waals surface area contributed by atoms with Gasteiger partial charge in [-0.25, -0.2) is 4.57 Å². The van der Waals surface area contributed by atoms with E-state index in [1.165, 1.54) is 0 Å². The number of aliphatic hydroxyl groups is 1. The van der Waals surface area contributed by atoms with E-state index >= 15 is 0 Å². The maximum atomic E-state index is 12.1. The third-order valence-corrected chi connectivity index (χ3v) is 8.99. The second-order valence-electron chi connectivity index (χ2n) is 13.2. The van der Waals surface area contributed by atoms with Crippen molar-refractivity contribution in [1.82, 2.24) is 5.32 Å². The number of amides is 1. The molecule has 10 heteroatoms. The molecule has 0 bridgehead atoms. The lowest BCUT2D eigenvalue weighted by Gasteiger charge is -2.15. The Labute approximate surface area is 334 Å². The van der Waals surface area contributed by atoms with Crippen LogP contribution in [0.15, 0.2) is 97.2 Å². The molecule has 0 aliphatic rings. The molecule has 0 saturated carbocycles. The van der Waals surface area contributed by atoms with Crippen LogP contribution in [-0.2, 0) is 27.9 Å². The highest BCUT2D eigenvalue weighted by molar-refractivity contribution is 7.47. The van der Waals surface area contributed by atoms with Crippen molar-refractivity contribution >= 4 is 19.7 Å². The van der Waals surface area contributed by atoms with E-state index in [1.54, 1.807) is 0 Å². The minimum Gasteiger partial charge on any atom is -0.463 e. The Bertz CT molecular complexity index is 1220. The fourth-order valence-corrected chi connectivity index (χ4v) is 5.71. The lowest BCUT2D eigenvalue weighted by Crippen LogP contribution is -2.27. The van der Waals surface area contributed by atoms with E-state index in [0.717, 1.165) is 109 Å². The summed E-state index contributed by atoms with van der Waals surface area (Å²) in [4.78, 5) is 33.9. The van der Waals surface area contributed by atoms with Gasteiger partial charge >= 0.3 is 13.8 Å². The van der Waals surface area contributed by atoms with E-state index in [0.29, 0.717) is 12.8 Å². The average molecular weight is 788 g/mol. The number of esters is 1. The quantitative estimate of drug-likeness (QED) is 0.0245. The number of aliphatic hydroxyl groups excluding tert-OH is 1. The van der Waals surface area contributed by atoms with E-state index < -0.39 is 26.5 Å². The van der Waals surface area contributed by atoms with Crippen molar-refractivity contribution in [3.05, 3.63) is 97.2 Å². The Hall–Kier alpha value is -3.07. The number of hydrogen-bond donors (Lipinski definition) is 3. The summed E-state index contributed by atoms with van der Waals surface area (Å²) in [5.41, 5.74) is 0. The summed E-state index contributed by atoms with van der Waals surface area (Å²) in [6.45, 7) is 3.23. The molecular formula is C45H74NO8P. The van der Waals surface area contributed by atoms with Gasteiger partial charge in [0.2, 0.25) is 5.91 Å². The van der Waals surface area contributed by atoms with E-state index in [1.807, 2.05) is 0 Å². The summed E-state index contributed by atoms with van der Waals surface area (Å²) >= 11 is 0.